The van der Waals surface area contributed by atoms with Crippen molar-refractivity contribution in [3.63, 3.8) is 0 Å². The lowest BCUT2D eigenvalue weighted by atomic mass is 10.2. The summed E-state index contributed by atoms with van der Waals surface area (Å²) in [6, 6.07) is 7.60. The number of anilines is 2. The van der Waals surface area contributed by atoms with Gasteiger partial charge in [0.05, 0.1) is 16.4 Å². The predicted octanol–water partition coefficient (Wildman–Crippen LogP) is 3.29. The fourth-order valence-corrected chi connectivity index (χ4v) is 3.72. The van der Waals surface area contributed by atoms with E-state index in [4.69, 9.17) is 11.6 Å². The summed E-state index contributed by atoms with van der Waals surface area (Å²) in [5.41, 5.74) is 3.35. The van der Waals surface area contributed by atoms with Crippen LogP contribution in [0.25, 0.3) is 0 Å². The normalized spacial score (nSPS) is 14.7. The highest BCUT2D eigenvalue weighted by Gasteiger charge is 2.16. The van der Waals surface area contributed by atoms with Crippen molar-refractivity contribution in [2.24, 2.45) is 0 Å². The first-order valence-corrected chi connectivity index (χ1v) is 10.3. The van der Waals surface area contributed by atoms with E-state index in [1.165, 1.54) is 12.8 Å². The molecule has 2 amide bonds. The van der Waals surface area contributed by atoms with Gasteiger partial charge in [-0.1, -0.05) is 17.7 Å². The summed E-state index contributed by atoms with van der Waals surface area (Å²) in [6.45, 7) is 7.62. The van der Waals surface area contributed by atoms with Gasteiger partial charge in [-0.3, -0.25) is 14.3 Å². The summed E-state index contributed by atoms with van der Waals surface area (Å²) in [6.07, 6.45) is 2.60. The number of carbonyl (C=O) groups is 2. The molecule has 1 unspecified atom stereocenters. The van der Waals surface area contributed by atoms with Crippen molar-refractivity contribution in [2.75, 3.05) is 23.3 Å². The molecule has 0 radical (unpaired) electrons. The molecule has 3 rings (SSSR count). The summed E-state index contributed by atoms with van der Waals surface area (Å²) in [4.78, 5) is 27.0. The molecular weight excluding hydrogens is 390 g/mol. The topological polar surface area (TPSA) is 79.3 Å². The number of hydrogen-bond acceptors (Lipinski definition) is 4. The van der Waals surface area contributed by atoms with Crippen molar-refractivity contribution < 1.29 is 9.59 Å². The Balaban J connectivity index is 1.49. The number of amides is 2. The lowest BCUT2D eigenvalue weighted by molar-refractivity contribution is -0.122. The van der Waals surface area contributed by atoms with E-state index in [9.17, 15) is 9.59 Å². The minimum atomic E-state index is -0.295. The maximum Gasteiger partial charge on any atom is 0.241 e. The lowest BCUT2D eigenvalue weighted by Crippen LogP contribution is -2.37. The van der Waals surface area contributed by atoms with Gasteiger partial charge < -0.3 is 15.5 Å². The third-order valence-corrected chi connectivity index (χ3v) is 5.63. The Labute approximate surface area is 176 Å². The highest BCUT2D eigenvalue weighted by Crippen LogP contribution is 2.23. The van der Waals surface area contributed by atoms with E-state index < -0.39 is 0 Å². The maximum atomic E-state index is 12.4. The van der Waals surface area contributed by atoms with E-state index in [0.717, 1.165) is 30.2 Å². The second kappa shape index (κ2) is 9.31. The van der Waals surface area contributed by atoms with Gasteiger partial charge in [-0.2, -0.15) is 5.10 Å². The Kier molecular flexibility index (Phi) is 6.79. The van der Waals surface area contributed by atoms with Gasteiger partial charge in [-0.15, -0.1) is 0 Å². The fraction of sp³-hybridized carbons (Fsp3) is 0.476. The Morgan fingerprint density at radius 2 is 1.93 bits per heavy atom. The second-order valence-corrected chi connectivity index (χ2v) is 7.99. The molecule has 156 valence electrons. The van der Waals surface area contributed by atoms with Gasteiger partial charge in [-0.05, 0) is 51.8 Å². The smallest absolute Gasteiger partial charge is 0.241 e. The molecule has 2 aromatic rings. The van der Waals surface area contributed by atoms with E-state index in [1.54, 1.807) is 11.6 Å². The van der Waals surface area contributed by atoms with Crippen molar-refractivity contribution >= 4 is 34.8 Å². The van der Waals surface area contributed by atoms with Crippen LogP contribution in [0.15, 0.2) is 24.3 Å². The molecule has 1 aromatic carbocycles. The van der Waals surface area contributed by atoms with Crippen LogP contribution >= 0.6 is 11.6 Å². The molecule has 0 aliphatic carbocycles. The van der Waals surface area contributed by atoms with Crippen molar-refractivity contribution in [1.82, 2.24) is 15.1 Å². The third-order valence-electron chi connectivity index (χ3n) is 5.09. The second-order valence-electron chi connectivity index (χ2n) is 7.61. The summed E-state index contributed by atoms with van der Waals surface area (Å²) in [5.74, 6) is -0.339. The molecule has 7 nitrogen and oxygen atoms in total. The number of hydrogen-bond donors (Lipinski definition) is 2. The van der Waals surface area contributed by atoms with Crippen LogP contribution in [0.5, 0.6) is 0 Å². The average Bonchev–Trinajstić information content (AvgIpc) is 3.27. The standard InChI is InChI=1S/C21H28ClN5O2/c1-14(23-20(29)13-27-16(3)21(22)15(2)25-27)11-19(28)24-17-7-6-8-18(12-17)26-9-4-5-10-26/h6-8,12,14H,4-5,9-11,13H2,1-3H3,(H,23,29)(H,24,28). The maximum absolute atomic E-state index is 12.4. The minimum absolute atomic E-state index is 0.0727. The quantitative estimate of drug-likeness (QED) is 0.724. The number of aromatic nitrogens is 2. The Bertz CT molecular complexity index is 889. The fourth-order valence-electron chi connectivity index (χ4n) is 3.58. The SMILES string of the molecule is Cc1nn(CC(=O)NC(C)CC(=O)Nc2cccc(N3CCCC3)c2)c(C)c1Cl. The van der Waals surface area contributed by atoms with E-state index in [-0.39, 0.29) is 30.8 Å². The highest BCUT2D eigenvalue weighted by molar-refractivity contribution is 6.31. The molecule has 0 spiro atoms. The van der Waals surface area contributed by atoms with Gasteiger partial charge in [-0.25, -0.2) is 0 Å². The van der Waals surface area contributed by atoms with E-state index in [2.05, 4.69) is 26.7 Å². The molecule has 0 bridgehead atoms. The van der Waals surface area contributed by atoms with Crippen LogP contribution in [-0.2, 0) is 16.1 Å². The summed E-state index contributed by atoms with van der Waals surface area (Å²) >= 11 is 6.12. The molecule has 1 saturated heterocycles. The van der Waals surface area contributed by atoms with Crippen LogP contribution in [0.1, 0.15) is 37.6 Å². The highest BCUT2D eigenvalue weighted by atomic mass is 35.5. The molecule has 8 heteroatoms. The van der Waals surface area contributed by atoms with Crippen molar-refractivity contribution in [3.8, 4) is 0 Å². The molecule has 0 saturated carbocycles. The van der Waals surface area contributed by atoms with Gasteiger partial charge in [0.15, 0.2) is 0 Å². The molecule has 2 N–H and O–H groups in total. The van der Waals surface area contributed by atoms with Crippen LogP contribution in [0, 0.1) is 13.8 Å². The van der Waals surface area contributed by atoms with Gasteiger partial charge >= 0.3 is 0 Å². The summed E-state index contributed by atoms with van der Waals surface area (Å²) < 4.78 is 1.57. The Morgan fingerprint density at radius 3 is 2.59 bits per heavy atom. The molecule has 1 atom stereocenters. The molecule has 1 aliphatic heterocycles. The molecule has 2 heterocycles. The Hall–Kier alpha value is -2.54. The minimum Gasteiger partial charge on any atom is -0.371 e. The van der Waals surface area contributed by atoms with Crippen molar-refractivity contribution in [1.29, 1.82) is 0 Å². The van der Waals surface area contributed by atoms with Crippen LogP contribution < -0.4 is 15.5 Å². The lowest BCUT2D eigenvalue weighted by Gasteiger charge is -2.19. The number of nitrogens with zero attached hydrogens (tertiary/aromatic N) is 3. The number of halogens is 1. The van der Waals surface area contributed by atoms with E-state index in [1.807, 2.05) is 32.0 Å². The van der Waals surface area contributed by atoms with Crippen molar-refractivity contribution in [2.45, 2.75) is 52.6 Å². The number of nitrogens with one attached hydrogen (secondary N) is 2. The first-order valence-electron chi connectivity index (χ1n) is 9.97. The third kappa shape index (κ3) is 5.50. The van der Waals surface area contributed by atoms with Gasteiger partial charge in [0, 0.05) is 36.9 Å². The summed E-state index contributed by atoms with van der Waals surface area (Å²) in [5, 5.41) is 10.6. The average molecular weight is 418 g/mol. The zero-order chi connectivity index (χ0) is 21.0. The number of aryl methyl sites for hydroxylation is 1. The number of benzene rings is 1. The van der Waals surface area contributed by atoms with Crippen LogP contribution in [0.2, 0.25) is 5.02 Å². The number of carbonyl (C=O) groups excluding carboxylic acids is 2. The van der Waals surface area contributed by atoms with Crippen LogP contribution in [0.4, 0.5) is 11.4 Å². The van der Waals surface area contributed by atoms with Gasteiger partial charge in [0.25, 0.3) is 0 Å². The first-order chi connectivity index (χ1) is 13.8. The monoisotopic (exact) mass is 417 g/mol. The molecule has 1 aromatic heterocycles. The molecular formula is C21H28ClN5O2. The van der Waals surface area contributed by atoms with Gasteiger partial charge in [0.1, 0.15) is 6.54 Å². The predicted molar refractivity (Wildman–Crippen MR) is 115 cm³/mol. The van der Waals surface area contributed by atoms with Gasteiger partial charge in [0.2, 0.25) is 11.8 Å². The van der Waals surface area contributed by atoms with Crippen molar-refractivity contribution in [3.05, 3.63) is 40.7 Å². The number of rotatable bonds is 7. The summed E-state index contributed by atoms with van der Waals surface area (Å²) in [7, 11) is 0. The molecule has 1 aliphatic rings. The first kappa shape index (κ1) is 21.2. The van der Waals surface area contributed by atoms with E-state index >= 15 is 0 Å². The van der Waals surface area contributed by atoms with E-state index in [0.29, 0.717) is 10.7 Å². The zero-order valence-corrected chi connectivity index (χ0v) is 17.9. The Morgan fingerprint density at radius 1 is 1.21 bits per heavy atom. The van der Waals surface area contributed by atoms with Crippen LogP contribution in [-0.4, -0.2) is 40.7 Å². The zero-order valence-electron chi connectivity index (χ0n) is 17.2. The molecule has 29 heavy (non-hydrogen) atoms. The molecule has 1 fully saturated rings. The largest absolute Gasteiger partial charge is 0.371 e. The van der Waals surface area contributed by atoms with Crippen LogP contribution in [0.3, 0.4) is 0 Å².